The zero-order valence-corrected chi connectivity index (χ0v) is 20.4. The van der Waals surface area contributed by atoms with Gasteiger partial charge in [0.2, 0.25) is 10.0 Å². The molecule has 0 aliphatic carbocycles. The summed E-state index contributed by atoms with van der Waals surface area (Å²) in [6.07, 6.45) is 1.51. The lowest BCUT2D eigenvalue weighted by Crippen LogP contribution is -2.39. The first-order valence-electron chi connectivity index (χ1n) is 9.63. The standard InChI is InChI=1S/C23H21BrClN3O3S/c1-17-3-2-4-19(13-17)14-26-27-23(29)16-28(15-18-5-7-20(24)8-6-18)32(30,31)22-11-9-21(25)10-12-22/h2-14H,15-16H2,1H3,(H,27,29)/b26-14-. The molecule has 0 spiro atoms. The third-order valence-electron chi connectivity index (χ3n) is 4.49. The molecular weight excluding hydrogens is 514 g/mol. The maximum absolute atomic E-state index is 13.2. The van der Waals surface area contributed by atoms with Gasteiger partial charge in [-0.1, -0.05) is 69.5 Å². The van der Waals surface area contributed by atoms with E-state index in [1.54, 1.807) is 12.1 Å². The highest BCUT2D eigenvalue weighted by Crippen LogP contribution is 2.21. The van der Waals surface area contributed by atoms with Crippen LogP contribution < -0.4 is 5.43 Å². The van der Waals surface area contributed by atoms with E-state index in [2.05, 4.69) is 26.5 Å². The number of rotatable bonds is 8. The van der Waals surface area contributed by atoms with Crippen LogP contribution in [0.3, 0.4) is 0 Å². The molecule has 1 N–H and O–H groups in total. The van der Waals surface area contributed by atoms with Crippen LogP contribution in [0.25, 0.3) is 0 Å². The highest BCUT2D eigenvalue weighted by atomic mass is 79.9. The second-order valence-corrected chi connectivity index (χ2v) is 10.4. The SMILES string of the molecule is Cc1cccc(/C=N\NC(=O)CN(Cc2ccc(Br)cc2)S(=O)(=O)c2ccc(Cl)cc2)c1. The summed E-state index contributed by atoms with van der Waals surface area (Å²) in [4.78, 5) is 12.6. The average molecular weight is 535 g/mol. The number of hydrazone groups is 1. The van der Waals surface area contributed by atoms with Crippen LogP contribution >= 0.6 is 27.5 Å². The third kappa shape index (κ3) is 6.74. The summed E-state index contributed by atoms with van der Waals surface area (Å²) in [7, 11) is -3.95. The van der Waals surface area contributed by atoms with Gasteiger partial charge in [0.1, 0.15) is 0 Å². The third-order valence-corrected chi connectivity index (χ3v) is 7.08. The van der Waals surface area contributed by atoms with Crippen molar-refractivity contribution in [3.05, 3.63) is 99.0 Å². The molecule has 0 atom stereocenters. The second kappa shape index (κ2) is 10.9. The van der Waals surface area contributed by atoms with Crippen LogP contribution in [0, 0.1) is 6.92 Å². The normalized spacial score (nSPS) is 11.8. The number of nitrogens with zero attached hydrogens (tertiary/aromatic N) is 2. The van der Waals surface area contributed by atoms with E-state index in [1.807, 2.05) is 43.3 Å². The second-order valence-electron chi connectivity index (χ2n) is 7.06. The Kier molecular flexibility index (Phi) is 8.20. The molecule has 0 aliphatic rings. The molecule has 3 aromatic carbocycles. The smallest absolute Gasteiger partial charge is 0.255 e. The lowest BCUT2D eigenvalue weighted by molar-refractivity contribution is -0.121. The van der Waals surface area contributed by atoms with Crippen molar-refractivity contribution < 1.29 is 13.2 Å². The molecule has 0 heterocycles. The van der Waals surface area contributed by atoms with E-state index >= 15 is 0 Å². The Morgan fingerprint density at radius 2 is 1.78 bits per heavy atom. The number of carbonyl (C=O) groups is 1. The molecule has 9 heteroatoms. The molecule has 3 aromatic rings. The first kappa shape index (κ1) is 24.1. The minimum absolute atomic E-state index is 0.0211. The van der Waals surface area contributed by atoms with E-state index in [0.29, 0.717) is 5.02 Å². The summed E-state index contributed by atoms with van der Waals surface area (Å²) in [6.45, 7) is 1.58. The van der Waals surface area contributed by atoms with Gasteiger partial charge >= 0.3 is 0 Å². The van der Waals surface area contributed by atoms with Crippen LogP contribution in [0.4, 0.5) is 0 Å². The average Bonchev–Trinajstić information content (AvgIpc) is 2.75. The summed E-state index contributed by atoms with van der Waals surface area (Å²) in [5.74, 6) is -0.552. The van der Waals surface area contributed by atoms with Crippen molar-refractivity contribution in [2.75, 3.05) is 6.54 Å². The molecule has 0 saturated heterocycles. The van der Waals surface area contributed by atoms with E-state index in [9.17, 15) is 13.2 Å². The van der Waals surface area contributed by atoms with Crippen molar-refractivity contribution in [1.82, 2.24) is 9.73 Å². The van der Waals surface area contributed by atoms with Gasteiger partial charge in [-0.15, -0.1) is 0 Å². The van der Waals surface area contributed by atoms with E-state index in [1.165, 1.54) is 30.5 Å². The Hall–Kier alpha value is -2.52. The molecule has 0 unspecified atom stereocenters. The van der Waals surface area contributed by atoms with Crippen LogP contribution in [-0.4, -0.2) is 31.4 Å². The monoisotopic (exact) mass is 533 g/mol. The fourth-order valence-electron chi connectivity index (χ4n) is 2.90. The number of hydrogen-bond donors (Lipinski definition) is 1. The lowest BCUT2D eigenvalue weighted by atomic mass is 10.2. The predicted octanol–water partition coefficient (Wildman–Crippen LogP) is 4.75. The summed E-state index contributed by atoms with van der Waals surface area (Å²) >= 11 is 9.26. The van der Waals surface area contributed by atoms with E-state index < -0.39 is 22.5 Å². The minimum atomic E-state index is -3.95. The van der Waals surface area contributed by atoms with Crippen LogP contribution in [-0.2, 0) is 21.4 Å². The fourth-order valence-corrected chi connectivity index (χ4v) is 4.67. The highest BCUT2D eigenvalue weighted by Gasteiger charge is 2.27. The molecule has 166 valence electrons. The number of sulfonamides is 1. The quantitative estimate of drug-likeness (QED) is 0.335. The van der Waals surface area contributed by atoms with Gasteiger partial charge in [-0.05, 0) is 54.4 Å². The van der Waals surface area contributed by atoms with Gasteiger partial charge in [-0.2, -0.15) is 9.41 Å². The van der Waals surface area contributed by atoms with Gasteiger partial charge in [-0.25, -0.2) is 13.8 Å². The number of aryl methyl sites for hydroxylation is 1. The number of carbonyl (C=O) groups excluding carboxylic acids is 1. The number of benzene rings is 3. The topological polar surface area (TPSA) is 78.8 Å². The molecule has 0 aromatic heterocycles. The minimum Gasteiger partial charge on any atom is -0.272 e. The molecule has 1 amide bonds. The van der Waals surface area contributed by atoms with Gasteiger partial charge < -0.3 is 0 Å². The molecule has 0 saturated carbocycles. The van der Waals surface area contributed by atoms with Crippen molar-refractivity contribution in [3.63, 3.8) is 0 Å². The van der Waals surface area contributed by atoms with Crippen molar-refractivity contribution >= 4 is 49.7 Å². The van der Waals surface area contributed by atoms with Crippen LogP contribution in [0.5, 0.6) is 0 Å². The Labute approximate surface area is 201 Å². The van der Waals surface area contributed by atoms with Gasteiger partial charge in [-0.3, -0.25) is 4.79 Å². The van der Waals surface area contributed by atoms with E-state index in [4.69, 9.17) is 11.6 Å². The summed E-state index contributed by atoms with van der Waals surface area (Å²) in [5.41, 5.74) is 5.03. The number of hydrogen-bond acceptors (Lipinski definition) is 4. The summed E-state index contributed by atoms with van der Waals surface area (Å²) < 4.78 is 28.5. The Balaban J connectivity index is 1.79. The maximum Gasteiger partial charge on any atom is 0.255 e. The first-order chi connectivity index (χ1) is 15.2. The number of halogens is 2. The molecular formula is C23H21BrClN3O3S. The molecule has 0 radical (unpaired) electrons. The van der Waals surface area contributed by atoms with Crippen molar-refractivity contribution in [2.24, 2.45) is 5.10 Å². The zero-order valence-electron chi connectivity index (χ0n) is 17.2. The maximum atomic E-state index is 13.2. The molecule has 0 aliphatic heterocycles. The molecule has 0 bridgehead atoms. The van der Waals surface area contributed by atoms with Gasteiger partial charge in [0.15, 0.2) is 0 Å². The predicted molar refractivity (Wildman–Crippen MR) is 130 cm³/mol. The van der Waals surface area contributed by atoms with Gasteiger partial charge in [0, 0.05) is 16.0 Å². The van der Waals surface area contributed by atoms with Crippen molar-refractivity contribution in [1.29, 1.82) is 0 Å². The lowest BCUT2D eigenvalue weighted by Gasteiger charge is -2.21. The fraction of sp³-hybridized carbons (Fsp3) is 0.130. The largest absolute Gasteiger partial charge is 0.272 e. The van der Waals surface area contributed by atoms with Crippen LogP contribution in [0.15, 0.2) is 87.3 Å². The number of nitrogens with one attached hydrogen (secondary N) is 1. The summed E-state index contributed by atoms with van der Waals surface area (Å²) in [6, 6.07) is 20.7. The Morgan fingerprint density at radius 3 is 2.44 bits per heavy atom. The van der Waals surface area contributed by atoms with Crippen molar-refractivity contribution in [3.8, 4) is 0 Å². The molecule has 32 heavy (non-hydrogen) atoms. The van der Waals surface area contributed by atoms with E-state index in [0.717, 1.165) is 25.5 Å². The molecule has 0 fully saturated rings. The van der Waals surface area contributed by atoms with Gasteiger partial charge in [0.05, 0.1) is 17.7 Å². The molecule has 6 nitrogen and oxygen atoms in total. The Morgan fingerprint density at radius 1 is 1.09 bits per heavy atom. The highest BCUT2D eigenvalue weighted by molar-refractivity contribution is 9.10. The van der Waals surface area contributed by atoms with Crippen LogP contribution in [0.1, 0.15) is 16.7 Å². The Bertz CT molecular complexity index is 1210. The first-order valence-corrected chi connectivity index (χ1v) is 12.2. The van der Waals surface area contributed by atoms with Crippen molar-refractivity contribution in [2.45, 2.75) is 18.4 Å². The van der Waals surface area contributed by atoms with E-state index in [-0.39, 0.29) is 11.4 Å². The number of amides is 1. The summed E-state index contributed by atoms with van der Waals surface area (Å²) in [5, 5.41) is 4.37. The zero-order chi connectivity index (χ0) is 23.1. The van der Waals surface area contributed by atoms with Crippen LogP contribution in [0.2, 0.25) is 5.02 Å². The van der Waals surface area contributed by atoms with Gasteiger partial charge in [0.25, 0.3) is 5.91 Å². The molecule has 3 rings (SSSR count).